The molecule has 142 valence electrons. The van der Waals surface area contributed by atoms with Gasteiger partial charge in [0.2, 0.25) is 0 Å². The number of nitrogens with one attached hydrogen (secondary N) is 1. The first kappa shape index (κ1) is 18.9. The van der Waals surface area contributed by atoms with E-state index in [9.17, 15) is 9.59 Å². The molecule has 8 heteroatoms. The number of carbonyl (C=O) groups is 2. The highest BCUT2D eigenvalue weighted by Crippen LogP contribution is 2.25. The van der Waals surface area contributed by atoms with Crippen LogP contribution in [0.4, 0.5) is 11.4 Å². The maximum Gasteiger partial charge on any atom is 0.340 e. The Bertz CT molecular complexity index is 1120. The van der Waals surface area contributed by atoms with Gasteiger partial charge < -0.3 is 20.3 Å². The molecule has 3 N–H and O–H groups in total. The molecule has 3 rings (SSSR count). The second-order valence-electron chi connectivity index (χ2n) is 7.11. The van der Waals surface area contributed by atoms with Gasteiger partial charge in [-0.15, -0.1) is 0 Å². The number of nitrogens with zero attached hydrogens (tertiary/aromatic N) is 2. The highest BCUT2D eigenvalue weighted by atomic mass is 16.6. The Labute approximate surface area is 160 Å². The number of hydrogen-bond donors (Lipinski definition) is 2. The van der Waals surface area contributed by atoms with Crippen LogP contribution in [0.25, 0.3) is 11.0 Å². The number of benzene rings is 2. The van der Waals surface area contributed by atoms with Crippen LogP contribution in [0.3, 0.4) is 0 Å². The zero-order valence-corrected chi connectivity index (χ0v) is 15.6. The second kappa shape index (κ2) is 7.04. The number of carbonyl (C=O) groups excluding carboxylic acids is 2. The van der Waals surface area contributed by atoms with Crippen molar-refractivity contribution < 1.29 is 18.8 Å². The van der Waals surface area contributed by atoms with Gasteiger partial charge in [0.1, 0.15) is 5.60 Å². The number of nitriles is 1. The predicted octanol–water partition coefficient (Wildman–Crippen LogP) is 3.49. The highest BCUT2D eigenvalue weighted by molar-refractivity contribution is 6.12. The zero-order valence-electron chi connectivity index (χ0n) is 15.6. The van der Waals surface area contributed by atoms with Crippen molar-refractivity contribution >= 4 is 34.2 Å². The summed E-state index contributed by atoms with van der Waals surface area (Å²) in [6.07, 6.45) is 0. The number of ether oxygens (including phenoxy) is 1. The molecule has 0 saturated heterocycles. The van der Waals surface area contributed by atoms with E-state index in [1.54, 1.807) is 39.0 Å². The maximum atomic E-state index is 12.7. The summed E-state index contributed by atoms with van der Waals surface area (Å²) in [6, 6.07) is 11.1. The van der Waals surface area contributed by atoms with Crippen molar-refractivity contribution in [3.63, 3.8) is 0 Å². The molecule has 0 atom stereocenters. The molecule has 28 heavy (non-hydrogen) atoms. The van der Waals surface area contributed by atoms with E-state index in [0.717, 1.165) is 0 Å². The maximum absolute atomic E-state index is 12.7. The van der Waals surface area contributed by atoms with Gasteiger partial charge in [0.05, 0.1) is 28.3 Å². The van der Waals surface area contributed by atoms with Crippen molar-refractivity contribution in [3.05, 3.63) is 53.2 Å². The molecule has 8 nitrogen and oxygen atoms in total. The number of rotatable bonds is 3. The minimum atomic E-state index is -0.733. The molecule has 0 unspecified atom stereocenters. The van der Waals surface area contributed by atoms with E-state index in [0.29, 0.717) is 16.7 Å². The minimum Gasteiger partial charge on any atom is -0.456 e. The zero-order chi connectivity index (χ0) is 20.5. The fourth-order valence-corrected chi connectivity index (χ4v) is 2.52. The van der Waals surface area contributed by atoms with Crippen molar-refractivity contribution in [1.82, 2.24) is 5.16 Å². The van der Waals surface area contributed by atoms with E-state index in [4.69, 9.17) is 20.3 Å². The average molecular weight is 378 g/mol. The molecule has 0 saturated carbocycles. The van der Waals surface area contributed by atoms with E-state index in [2.05, 4.69) is 10.5 Å². The molecule has 0 aliphatic rings. The van der Waals surface area contributed by atoms with E-state index < -0.39 is 17.5 Å². The SMILES string of the molecule is CC(C)(C)OC(=O)c1cc(C#N)ccc1NC(=O)c1noc2cc(N)ccc12. The van der Waals surface area contributed by atoms with E-state index >= 15 is 0 Å². The molecule has 0 radical (unpaired) electrons. The topological polar surface area (TPSA) is 131 Å². The van der Waals surface area contributed by atoms with Crippen LogP contribution in [0, 0.1) is 11.3 Å². The van der Waals surface area contributed by atoms with Gasteiger partial charge in [0, 0.05) is 11.8 Å². The Morgan fingerprint density at radius 2 is 1.96 bits per heavy atom. The first-order valence-electron chi connectivity index (χ1n) is 8.42. The summed E-state index contributed by atoms with van der Waals surface area (Å²) < 4.78 is 10.5. The fourth-order valence-electron chi connectivity index (χ4n) is 2.52. The quantitative estimate of drug-likeness (QED) is 0.527. The normalized spacial score (nSPS) is 11.1. The number of nitrogen functional groups attached to an aromatic ring is 1. The summed E-state index contributed by atoms with van der Waals surface area (Å²) in [5.41, 5.74) is 6.40. The molecule has 0 aliphatic heterocycles. The van der Waals surface area contributed by atoms with Gasteiger partial charge in [-0.2, -0.15) is 5.26 Å². The third-order valence-electron chi connectivity index (χ3n) is 3.73. The van der Waals surface area contributed by atoms with Gasteiger partial charge >= 0.3 is 5.97 Å². The highest BCUT2D eigenvalue weighted by Gasteiger charge is 2.23. The molecule has 1 amide bonds. The molecular weight excluding hydrogens is 360 g/mol. The number of nitrogens with two attached hydrogens (primary N) is 1. The van der Waals surface area contributed by atoms with Crippen molar-refractivity contribution in [3.8, 4) is 6.07 Å². The minimum absolute atomic E-state index is 0.0505. The summed E-state index contributed by atoms with van der Waals surface area (Å²) in [7, 11) is 0. The van der Waals surface area contributed by atoms with E-state index in [1.165, 1.54) is 18.2 Å². The van der Waals surface area contributed by atoms with Gasteiger partial charge in [0.25, 0.3) is 5.91 Å². The molecule has 3 aromatic rings. The lowest BCUT2D eigenvalue weighted by atomic mass is 10.1. The monoisotopic (exact) mass is 378 g/mol. The van der Waals surface area contributed by atoms with Gasteiger partial charge in [-0.05, 0) is 51.1 Å². The van der Waals surface area contributed by atoms with Crippen LogP contribution >= 0.6 is 0 Å². The average Bonchev–Trinajstić information content (AvgIpc) is 3.03. The lowest BCUT2D eigenvalue weighted by Gasteiger charge is -2.20. The molecule has 0 spiro atoms. The molecule has 1 heterocycles. The van der Waals surface area contributed by atoms with Crippen molar-refractivity contribution in [1.29, 1.82) is 5.26 Å². The number of anilines is 2. The first-order valence-corrected chi connectivity index (χ1v) is 8.42. The van der Waals surface area contributed by atoms with Gasteiger partial charge in [-0.3, -0.25) is 4.79 Å². The van der Waals surface area contributed by atoms with Crippen molar-refractivity contribution in [2.75, 3.05) is 11.1 Å². The Morgan fingerprint density at radius 1 is 1.21 bits per heavy atom. The summed E-state index contributed by atoms with van der Waals surface area (Å²) in [4.78, 5) is 25.2. The summed E-state index contributed by atoms with van der Waals surface area (Å²) in [5.74, 6) is -1.23. The largest absolute Gasteiger partial charge is 0.456 e. The summed E-state index contributed by atoms with van der Waals surface area (Å²) in [5, 5.41) is 16.0. The molecule has 0 bridgehead atoms. The smallest absolute Gasteiger partial charge is 0.340 e. The third-order valence-corrected chi connectivity index (χ3v) is 3.73. The van der Waals surface area contributed by atoms with Crippen molar-refractivity contribution in [2.45, 2.75) is 26.4 Å². The van der Waals surface area contributed by atoms with Crippen LogP contribution in [-0.2, 0) is 4.74 Å². The molecule has 1 aromatic heterocycles. The van der Waals surface area contributed by atoms with Gasteiger partial charge in [-0.1, -0.05) is 5.16 Å². The number of aromatic nitrogens is 1. The second-order valence-corrected chi connectivity index (χ2v) is 7.11. The standard InChI is InChI=1S/C20H18N4O4/c1-20(2,3)27-19(26)14-8-11(10-21)4-7-15(14)23-18(25)17-13-6-5-12(22)9-16(13)28-24-17/h4-9H,22H2,1-3H3,(H,23,25). The Balaban J connectivity index is 1.95. The van der Waals surface area contributed by atoms with Crippen LogP contribution in [0.15, 0.2) is 40.9 Å². The van der Waals surface area contributed by atoms with Crippen LogP contribution in [-0.4, -0.2) is 22.6 Å². The Morgan fingerprint density at radius 3 is 2.64 bits per heavy atom. The number of fused-ring (bicyclic) bond motifs is 1. The van der Waals surface area contributed by atoms with Crippen LogP contribution in [0.2, 0.25) is 0 Å². The van der Waals surface area contributed by atoms with Gasteiger partial charge in [-0.25, -0.2) is 4.79 Å². The number of esters is 1. The Hall–Kier alpha value is -3.86. The third kappa shape index (κ3) is 3.94. The molecule has 0 fully saturated rings. The van der Waals surface area contributed by atoms with Gasteiger partial charge in [0.15, 0.2) is 11.3 Å². The number of amides is 1. The summed E-state index contributed by atoms with van der Waals surface area (Å²) in [6.45, 7) is 5.18. The number of hydrogen-bond acceptors (Lipinski definition) is 7. The van der Waals surface area contributed by atoms with Crippen LogP contribution < -0.4 is 11.1 Å². The van der Waals surface area contributed by atoms with E-state index in [1.807, 2.05) is 6.07 Å². The lowest BCUT2D eigenvalue weighted by molar-refractivity contribution is 0.00707. The molecular formula is C20H18N4O4. The Kier molecular flexibility index (Phi) is 4.76. The van der Waals surface area contributed by atoms with Crippen LogP contribution in [0.5, 0.6) is 0 Å². The summed E-state index contributed by atoms with van der Waals surface area (Å²) >= 11 is 0. The first-order chi connectivity index (χ1) is 13.2. The van der Waals surface area contributed by atoms with Crippen molar-refractivity contribution in [2.24, 2.45) is 0 Å². The lowest BCUT2D eigenvalue weighted by Crippen LogP contribution is -2.25. The fraction of sp³-hybridized carbons (Fsp3) is 0.200. The van der Waals surface area contributed by atoms with Crippen LogP contribution in [0.1, 0.15) is 47.2 Å². The van der Waals surface area contributed by atoms with E-state index in [-0.39, 0.29) is 22.5 Å². The predicted molar refractivity (Wildman–Crippen MR) is 103 cm³/mol. The molecule has 2 aromatic carbocycles. The molecule has 0 aliphatic carbocycles.